The number of hydrogen-bond donors (Lipinski definition) is 1. The molecular weight excluding hydrogens is 402 g/mol. The van der Waals surface area contributed by atoms with E-state index in [-0.39, 0.29) is 22.9 Å². The number of nitro groups is 1. The largest absolute Gasteiger partial charge is 0.350 e. The van der Waals surface area contributed by atoms with Gasteiger partial charge in [0.05, 0.1) is 4.92 Å². The molecule has 2 aromatic rings. The summed E-state index contributed by atoms with van der Waals surface area (Å²) in [4.78, 5) is 26.3. The first-order valence-corrected chi connectivity index (χ1v) is 11.0. The Balaban J connectivity index is 2.27. The lowest BCUT2D eigenvalue weighted by molar-refractivity contribution is -0.384. The highest BCUT2D eigenvalue weighted by atomic mass is 16.6. The van der Waals surface area contributed by atoms with Crippen LogP contribution in [-0.2, 0) is 16.8 Å². The molecule has 1 N–H and O–H groups in total. The molecule has 0 saturated carbocycles. The van der Waals surface area contributed by atoms with Gasteiger partial charge in [0.2, 0.25) is 5.91 Å². The number of anilines is 1. The fourth-order valence-electron chi connectivity index (χ4n) is 3.65. The fourth-order valence-corrected chi connectivity index (χ4v) is 3.65. The average molecular weight is 438 g/mol. The summed E-state index contributed by atoms with van der Waals surface area (Å²) in [5, 5.41) is 14.6. The molecule has 0 saturated heterocycles. The fraction of sp³-hybridized carbons (Fsp3) is 0.423. The van der Waals surface area contributed by atoms with Gasteiger partial charge in [-0.25, -0.2) is 0 Å². The van der Waals surface area contributed by atoms with E-state index in [1.807, 2.05) is 26.0 Å². The van der Waals surface area contributed by atoms with Gasteiger partial charge in [-0.2, -0.15) is 0 Å². The predicted octanol–water partition coefficient (Wildman–Crippen LogP) is 5.62. The first-order chi connectivity index (χ1) is 15.0. The van der Waals surface area contributed by atoms with Crippen LogP contribution in [0.5, 0.6) is 0 Å². The maximum absolute atomic E-state index is 13.3. The molecule has 0 aliphatic rings. The number of nitrogens with one attached hydrogen (secondary N) is 1. The summed E-state index contributed by atoms with van der Waals surface area (Å²) in [7, 11) is 0. The molecule has 0 bridgehead atoms. The van der Waals surface area contributed by atoms with E-state index in [0.717, 1.165) is 5.56 Å². The molecule has 0 heterocycles. The molecule has 2 aromatic carbocycles. The molecule has 6 heteroatoms. The second-order valence-electron chi connectivity index (χ2n) is 9.50. The molecule has 2 rings (SSSR count). The van der Waals surface area contributed by atoms with Crippen molar-refractivity contribution in [2.75, 3.05) is 11.4 Å². The third-order valence-corrected chi connectivity index (χ3v) is 5.37. The Morgan fingerprint density at radius 1 is 1.16 bits per heavy atom. The number of carbonyl (C=O) groups excluding carboxylic acids is 1. The van der Waals surface area contributed by atoms with Gasteiger partial charge in [0, 0.05) is 19.2 Å². The van der Waals surface area contributed by atoms with Crippen molar-refractivity contribution in [3.05, 3.63) is 82.4 Å². The third-order valence-electron chi connectivity index (χ3n) is 5.37. The quantitative estimate of drug-likeness (QED) is 0.297. The van der Waals surface area contributed by atoms with E-state index in [4.69, 9.17) is 0 Å². The molecule has 172 valence electrons. The maximum atomic E-state index is 13.3. The van der Waals surface area contributed by atoms with E-state index in [2.05, 4.69) is 44.8 Å². The van der Waals surface area contributed by atoms with Gasteiger partial charge in [0.1, 0.15) is 11.7 Å². The summed E-state index contributed by atoms with van der Waals surface area (Å²) in [5.74, 6) is 0.0745. The highest BCUT2D eigenvalue weighted by molar-refractivity contribution is 5.86. The minimum Gasteiger partial charge on any atom is -0.350 e. The van der Waals surface area contributed by atoms with Crippen molar-refractivity contribution in [1.29, 1.82) is 0 Å². The molecule has 6 nitrogen and oxygen atoms in total. The summed E-state index contributed by atoms with van der Waals surface area (Å²) >= 11 is 0. The van der Waals surface area contributed by atoms with E-state index in [0.29, 0.717) is 25.2 Å². The monoisotopic (exact) mass is 437 g/mol. The Morgan fingerprint density at radius 2 is 1.78 bits per heavy atom. The molecule has 0 fully saturated rings. The lowest BCUT2D eigenvalue weighted by Crippen LogP contribution is -2.48. The van der Waals surface area contributed by atoms with Crippen LogP contribution < -0.4 is 10.2 Å². The van der Waals surface area contributed by atoms with E-state index in [1.54, 1.807) is 29.2 Å². The summed E-state index contributed by atoms with van der Waals surface area (Å²) in [6, 6.07) is 14.2. The van der Waals surface area contributed by atoms with Crippen molar-refractivity contribution >= 4 is 17.3 Å². The summed E-state index contributed by atoms with van der Waals surface area (Å²) in [6.07, 6.45) is 2.23. The molecule has 0 aliphatic carbocycles. The van der Waals surface area contributed by atoms with Crippen molar-refractivity contribution in [3.63, 3.8) is 0 Å². The lowest BCUT2D eigenvalue weighted by atomic mass is 9.87. The molecule has 0 aliphatic heterocycles. The number of para-hydroxylation sites is 2. The molecule has 32 heavy (non-hydrogen) atoms. The van der Waals surface area contributed by atoms with Crippen LogP contribution in [0.1, 0.15) is 52.2 Å². The first-order valence-electron chi connectivity index (χ1n) is 11.0. The molecule has 1 atom stereocenters. The van der Waals surface area contributed by atoms with Gasteiger partial charge in [-0.05, 0) is 34.9 Å². The molecule has 0 spiro atoms. The van der Waals surface area contributed by atoms with Crippen LogP contribution in [0, 0.1) is 16.0 Å². The van der Waals surface area contributed by atoms with Gasteiger partial charge < -0.3 is 10.2 Å². The second-order valence-corrected chi connectivity index (χ2v) is 9.50. The van der Waals surface area contributed by atoms with Gasteiger partial charge in [-0.15, -0.1) is 6.58 Å². The number of benzene rings is 2. The van der Waals surface area contributed by atoms with E-state index in [1.165, 1.54) is 11.6 Å². The van der Waals surface area contributed by atoms with Gasteiger partial charge >= 0.3 is 0 Å². The van der Waals surface area contributed by atoms with Crippen molar-refractivity contribution in [2.45, 2.75) is 59.0 Å². The van der Waals surface area contributed by atoms with Crippen LogP contribution in [0.4, 0.5) is 11.4 Å². The third kappa shape index (κ3) is 6.67. The van der Waals surface area contributed by atoms with E-state index >= 15 is 0 Å². The van der Waals surface area contributed by atoms with Gasteiger partial charge in [0.25, 0.3) is 5.69 Å². The van der Waals surface area contributed by atoms with Crippen molar-refractivity contribution in [2.24, 2.45) is 5.92 Å². The van der Waals surface area contributed by atoms with E-state index in [9.17, 15) is 14.9 Å². The summed E-state index contributed by atoms with van der Waals surface area (Å²) < 4.78 is 0. The molecule has 1 amide bonds. The molecule has 0 radical (unpaired) electrons. The van der Waals surface area contributed by atoms with Gasteiger partial charge in [-0.1, -0.05) is 77.1 Å². The zero-order chi connectivity index (χ0) is 23.9. The summed E-state index contributed by atoms with van der Waals surface area (Å²) in [6.45, 7) is 15.1. The maximum Gasteiger partial charge on any atom is 0.292 e. The Labute approximate surface area is 191 Å². The summed E-state index contributed by atoms with van der Waals surface area (Å²) in [5.41, 5.74) is 2.72. The second kappa shape index (κ2) is 10.9. The molecular formula is C26H35N3O3. The van der Waals surface area contributed by atoms with Crippen molar-refractivity contribution in [1.82, 2.24) is 5.32 Å². The number of hydrogen-bond acceptors (Lipinski definition) is 4. The highest BCUT2D eigenvalue weighted by Gasteiger charge is 2.30. The number of nitrogens with zero attached hydrogens (tertiary/aromatic N) is 2. The minimum atomic E-state index is -0.553. The van der Waals surface area contributed by atoms with Crippen LogP contribution in [-0.4, -0.2) is 23.4 Å². The van der Waals surface area contributed by atoms with Crippen molar-refractivity contribution in [3.8, 4) is 0 Å². The van der Waals surface area contributed by atoms with Crippen LogP contribution >= 0.6 is 0 Å². The number of rotatable bonds is 10. The normalized spacial score (nSPS) is 12.3. The van der Waals surface area contributed by atoms with Gasteiger partial charge in [0.15, 0.2) is 0 Å². The van der Waals surface area contributed by atoms with Crippen LogP contribution in [0.25, 0.3) is 0 Å². The zero-order valence-corrected chi connectivity index (χ0v) is 19.8. The Kier molecular flexibility index (Phi) is 8.58. The molecule has 0 aromatic heterocycles. The number of amides is 1. The smallest absolute Gasteiger partial charge is 0.292 e. The highest BCUT2D eigenvalue weighted by Crippen LogP contribution is 2.31. The standard InChI is InChI=1S/C26H35N3O3/c1-7-16-28(22-10-8-9-11-23(22)29(31)32)24(17-19(2)3)25(30)27-18-20-12-14-21(15-13-20)26(4,5)6/h7-15,19,24H,1,16-18H2,2-6H3,(H,27,30). The average Bonchev–Trinajstić information content (AvgIpc) is 2.74. The minimum absolute atomic E-state index is 0.0197. The topological polar surface area (TPSA) is 75.5 Å². The lowest BCUT2D eigenvalue weighted by Gasteiger charge is -2.32. The van der Waals surface area contributed by atoms with Crippen LogP contribution in [0.15, 0.2) is 61.2 Å². The Morgan fingerprint density at radius 3 is 2.31 bits per heavy atom. The number of carbonyl (C=O) groups is 1. The SMILES string of the molecule is C=CCN(c1ccccc1[N+](=O)[O-])C(CC(C)C)C(=O)NCc1ccc(C(C)(C)C)cc1. The van der Waals surface area contributed by atoms with Crippen LogP contribution in [0.2, 0.25) is 0 Å². The first kappa shape index (κ1) is 25.1. The van der Waals surface area contributed by atoms with Crippen LogP contribution in [0.3, 0.4) is 0 Å². The predicted molar refractivity (Wildman–Crippen MR) is 131 cm³/mol. The van der Waals surface area contributed by atoms with Gasteiger partial charge in [-0.3, -0.25) is 14.9 Å². The Bertz CT molecular complexity index is 930. The van der Waals surface area contributed by atoms with E-state index < -0.39 is 11.0 Å². The number of nitro benzene ring substituents is 1. The van der Waals surface area contributed by atoms with Crippen molar-refractivity contribution < 1.29 is 9.72 Å². The Hall–Kier alpha value is -3.15. The molecule has 1 unspecified atom stereocenters. The zero-order valence-electron chi connectivity index (χ0n) is 19.8.